The number of nitrogens with zero attached hydrogens (tertiary/aromatic N) is 2. The number of nitrogens with one attached hydrogen (secondary N) is 1. The van der Waals surface area contributed by atoms with Crippen molar-refractivity contribution in [3.05, 3.63) is 95.8 Å². The number of fused-ring (bicyclic) bond motifs is 1. The summed E-state index contributed by atoms with van der Waals surface area (Å²) in [5.74, 6) is 0.767. The van der Waals surface area contributed by atoms with Crippen LogP contribution in [0.5, 0.6) is 5.75 Å². The fourth-order valence-corrected chi connectivity index (χ4v) is 3.17. The molecule has 0 fully saturated rings. The lowest BCUT2D eigenvalue weighted by Gasteiger charge is -2.22. The fourth-order valence-electron chi connectivity index (χ4n) is 3.17. The number of aryl methyl sites for hydroxylation is 1. The summed E-state index contributed by atoms with van der Waals surface area (Å²) < 4.78 is 0. The van der Waals surface area contributed by atoms with Gasteiger partial charge in [0.15, 0.2) is 0 Å². The third kappa shape index (κ3) is 3.09. The molecule has 0 saturated heterocycles. The molecule has 0 aliphatic carbocycles. The van der Waals surface area contributed by atoms with Gasteiger partial charge in [0, 0.05) is 18.0 Å². The van der Waals surface area contributed by atoms with Gasteiger partial charge in [0.1, 0.15) is 5.75 Å². The maximum absolute atomic E-state index is 10.7. The third-order valence-corrected chi connectivity index (χ3v) is 4.49. The van der Waals surface area contributed by atoms with Crippen LogP contribution >= 0.6 is 0 Å². The van der Waals surface area contributed by atoms with Crippen LogP contribution in [0.1, 0.15) is 22.7 Å². The number of anilines is 1. The average molecular weight is 341 g/mol. The summed E-state index contributed by atoms with van der Waals surface area (Å²) in [6, 6.07) is 21.5. The molecule has 0 spiro atoms. The van der Waals surface area contributed by atoms with Gasteiger partial charge in [0.05, 0.1) is 6.04 Å². The van der Waals surface area contributed by atoms with Gasteiger partial charge in [0.25, 0.3) is 0 Å². The van der Waals surface area contributed by atoms with E-state index in [4.69, 9.17) is 0 Å². The van der Waals surface area contributed by atoms with E-state index in [0.717, 1.165) is 21.9 Å². The molecule has 1 unspecified atom stereocenters. The van der Waals surface area contributed by atoms with E-state index in [-0.39, 0.29) is 11.8 Å². The Morgan fingerprint density at radius 2 is 1.58 bits per heavy atom. The first kappa shape index (κ1) is 16.1. The Balaban J connectivity index is 1.91. The summed E-state index contributed by atoms with van der Waals surface area (Å²) in [5.41, 5.74) is 3.04. The van der Waals surface area contributed by atoms with E-state index in [1.807, 2.05) is 30.3 Å². The van der Waals surface area contributed by atoms with Crippen LogP contribution in [0.4, 0.5) is 5.95 Å². The predicted octanol–water partition coefficient (Wildman–Crippen LogP) is 4.85. The molecule has 4 aromatic rings. The molecule has 3 aromatic carbocycles. The third-order valence-electron chi connectivity index (χ3n) is 4.49. The van der Waals surface area contributed by atoms with Gasteiger partial charge in [-0.2, -0.15) is 0 Å². The van der Waals surface area contributed by atoms with Crippen LogP contribution in [-0.4, -0.2) is 15.1 Å². The van der Waals surface area contributed by atoms with Crippen LogP contribution in [0.25, 0.3) is 10.8 Å². The number of aromatic hydroxyl groups is 1. The molecule has 0 aliphatic heterocycles. The molecule has 1 aromatic heterocycles. The lowest BCUT2D eigenvalue weighted by Crippen LogP contribution is -2.15. The van der Waals surface area contributed by atoms with E-state index in [1.54, 1.807) is 24.5 Å². The van der Waals surface area contributed by atoms with Gasteiger partial charge < -0.3 is 10.4 Å². The second kappa shape index (κ2) is 6.84. The Hall–Kier alpha value is -3.40. The average Bonchev–Trinajstić information content (AvgIpc) is 2.68. The van der Waals surface area contributed by atoms with Crippen LogP contribution in [0.15, 0.2) is 79.1 Å². The highest BCUT2D eigenvalue weighted by Crippen LogP contribution is 2.37. The Kier molecular flexibility index (Phi) is 4.23. The van der Waals surface area contributed by atoms with E-state index < -0.39 is 0 Å². The van der Waals surface area contributed by atoms with Crippen molar-refractivity contribution in [2.24, 2.45) is 0 Å². The van der Waals surface area contributed by atoms with Crippen LogP contribution in [-0.2, 0) is 0 Å². The van der Waals surface area contributed by atoms with Crippen molar-refractivity contribution in [3.8, 4) is 5.75 Å². The summed E-state index contributed by atoms with van der Waals surface area (Å²) in [6.45, 7) is 2.06. The molecular formula is C22H19N3O. The molecule has 2 N–H and O–H groups in total. The molecule has 4 heteroatoms. The van der Waals surface area contributed by atoms with Crippen LogP contribution in [0.2, 0.25) is 0 Å². The zero-order valence-electron chi connectivity index (χ0n) is 14.4. The standard InChI is InChI=1S/C22H19N3O/c1-15-7-9-17(10-8-15)21(25-22-23-13-4-14-24-22)20-18-6-3-2-5-16(18)11-12-19(20)26/h2-14,21,26H,1H3,(H,23,24,25). The summed E-state index contributed by atoms with van der Waals surface area (Å²) in [6.07, 6.45) is 3.40. The van der Waals surface area contributed by atoms with Gasteiger partial charge >= 0.3 is 0 Å². The molecule has 1 atom stereocenters. The summed E-state index contributed by atoms with van der Waals surface area (Å²) in [4.78, 5) is 8.59. The smallest absolute Gasteiger partial charge is 0.223 e. The Labute approximate surface area is 152 Å². The first-order valence-electron chi connectivity index (χ1n) is 8.53. The molecule has 1 heterocycles. The van der Waals surface area contributed by atoms with Crippen molar-refractivity contribution in [1.29, 1.82) is 0 Å². The Morgan fingerprint density at radius 3 is 2.35 bits per heavy atom. The minimum atomic E-state index is -0.274. The maximum atomic E-state index is 10.7. The monoisotopic (exact) mass is 341 g/mol. The predicted molar refractivity (Wildman–Crippen MR) is 104 cm³/mol. The van der Waals surface area contributed by atoms with Crippen molar-refractivity contribution in [3.63, 3.8) is 0 Å². The molecule has 4 rings (SSSR count). The molecule has 4 nitrogen and oxygen atoms in total. The number of hydrogen-bond acceptors (Lipinski definition) is 4. The van der Waals surface area contributed by atoms with E-state index >= 15 is 0 Å². The summed E-state index contributed by atoms with van der Waals surface area (Å²) in [7, 11) is 0. The molecule has 26 heavy (non-hydrogen) atoms. The number of phenolic OH excluding ortho intramolecular Hbond substituents is 1. The first-order chi connectivity index (χ1) is 12.7. The van der Waals surface area contributed by atoms with Crippen molar-refractivity contribution in [2.75, 3.05) is 5.32 Å². The highest BCUT2D eigenvalue weighted by Gasteiger charge is 2.21. The molecule has 0 aliphatic rings. The van der Waals surface area contributed by atoms with Crippen molar-refractivity contribution in [1.82, 2.24) is 9.97 Å². The SMILES string of the molecule is Cc1ccc(C(Nc2ncccn2)c2c(O)ccc3ccccc23)cc1. The molecule has 0 amide bonds. The number of phenols is 1. The molecular weight excluding hydrogens is 322 g/mol. The molecule has 128 valence electrons. The van der Waals surface area contributed by atoms with E-state index in [1.165, 1.54) is 5.56 Å². The van der Waals surface area contributed by atoms with Gasteiger partial charge in [-0.25, -0.2) is 9.97 Å². The van der Waals surface area contributed by atoms with Gasteiger partial charge in [0.2, 0.25) is 5.95 Å². The fraction of sp³-hybridized carbons (Fsp3) is 0.0909. The van der Waals surface area contributed by atoms with E-state index in [2.05, 4.69) is 46.5 Å². The number of hydrogen-bond donors (Lipinski definition) is 2. The zero-order chi connectivity index (χ0) is 17.9. The lowest BCUT2D eigenvalue weighted by molar-refractivity contribution is 0.468. The number of benzene rings is 3. The highest BCUT2D eigenvalue weighted by atomic mass is 16.3. The minimum absolute atomic E-state index is 0.248. The lowest BCUT2D eigenvalue weighted by atomic mass is 9.92. The van der Waals surface area contributed by atoms with Gasteiger partial charge in [-0.1, -0.05) is 60.2 Å². The quantitative estimate of drug-likeness (QED) is 0.557. The molecule has 0 radical (unpaired) electrons. The van der Waals surface area contributed by atoms with Crippen molar-refractivity contribution >= 4 is 16.7 Å². The van der Waals surface area contributed by atoms with Crippen LogP contribution < -0.4 is 5.32 Å². The molecule has 0 saturated carbocycles. The van der Waals surface area contributed by atoms with Gasteiger partial charge in [-0.15, -0.1) is 0 Å². The zero-order valence-corrected chi connectivity index (χ0v) is 14.4. The Bertz CT molecular complexity index is 1030. The van der Waals surface area contributed by atoms with Crippen molar-refractivity contribution < 1.29 is 5.11 Å². The number of aromatic nitrogens is 2. The van der Waals surface area contributed by atoms with Crippen LogP contribution in [0, 0.1) is 6.92 Å². The van der Waals surface area contributed by atoms with Gasteiger partial charge in [-0.3, -0.25) is 0 Å². The largest absolute Gasteiger partial charge is 0.508 e. The molecule has 0 bridgehead atoms. The topological polar surface area (TPSA) is 58.0 Å². The van der Waals surface area contributed by atoms with E-state index in [9.17, 15) is 5.11 Å². The summed E-state index contributed by atoms with van der Waals surface area (Å²) in [5, 5.41) is 16.2. The minimum Gasteiger partial charge on any atom is -0.508 e. The normalized spacial score (nSPS) is 12.0. The summed E-state index contributed by atoms with van der Waals surface area (Å²) >= 11 is 0. The second-order valence-corrected chi connectivity index (χ2v) is 6.28. The van der Waals surface area contributed by atoms with Crippen LogP contribution in [0.3, 0.4) is 0 Å². The van der Waals surface area contributed by atoms with E-state index in [0.29, 0.717) is 5.95 Å². The maximum Gasteiger partial charge on any atom is 0.223 e. The van der Waals surface area contributed by atoms with Crippen molar-refractivity contribution in [2.45, 2.75) is 13.0 Å². The Morgan fingerprint density at radius 1 is 0.846 bits per heavy atom. The van der Waals surface area contributed by atoms with Gasteiger partial charge in [-0.05, 0) is 35.4 Å². The second-order valence-electron chi connectivity index (χ2n) is 6.28. The number of rotatable bonds is 4. The first-order valence-corrected chi connectivity index (χ1v) is 8.53. The highest BCUT2D eigenvalue weighted by molar-refractivity contribution is 5.89.